The van der Waals surface area contributed by atoms with E-state index in [0.29, 0.717) is 10.6 Å². The first-order valence-corrected chi connectivity index (χ1v) is 9.59. The lowest BCUT2D eigenvalue weighted by molar-refractivity contribution is -0.112. The molecule has 1 aliphatic heterocycles. The fourth-order valence-electron chi connectivity index (χ4n) is 4.02. The number of pyridine rings is 2. The molecule has 6 heteroatoms. The minimum absolute atomic E-state index is 0.283. The molecule has 27 heavy (non-hydrogen) atoms. The van der Waals surface area contributed by atoms with Crippen LogP contribution >= 0.6 is 11.6 Å². The lowest BCUT2D eigenvalue weighted by Crippen LogP contribution is -2.40. The minimum Gasteiger partial charge on any atom is -0.490 e. The lowest BCUT2D eigenvalue weighted by Gasteiger charge is -2.37. The molecule has 1 saturated carbocycles. The third kappa shape index (κ3) is 3.33. The van der Waals surface area contributed by atoms with Gasteiger partial charge in [-0.15, -0.1) is 0 Å². The highest BCUT2D eigenvalue weighted by molar-refractivity contribution is 6.29. The maximum atomic E-state index is 6.26. The lowest BCUT2D eigenvalue weighted by atomic mass is 9.84. The van der Waals surface area contributed by atoms with Crippen molar-refractivity contribution in [1.29, 1.82) is 0 Å². The fourth-order valence-corrected chi connectivity index (χ4v) is 4.13. The van der Waals surface area contributed by atoms with Crippen molar-refractivity contribution in [2.24, 2.45) is 5.41 Å². The summed E-state index contributed by atoms with van der Waals surface area (Å²) in [5, 5.41) is 5.90. The highest BCUT2D eigenvalue weighted by Gasteiger charge is 2.45. The molecule has 3 heterocycles. The van der Waals surface area contributed by atoms with Gasteiger partial charge in [0.25, 0.3) is 0 Å². The largest absolute Gasteiger partial charge is 0.490 e. The molecule has 3 aromatic rings. The molecule has 1 aliphatic carbocycles. The van der Waals surface area contributed by atoms with E-state index in [0.717, 1.165) is 54.1 Å². The SMILES string of the molecule is Clc1ccc(Nc2nccc3cc(O[C@@H]4CCC5(COC5)C4)ccc23)cn1. The van der Waals surface area contributed by atoms with Gasteiger partial charge < -0.3 is 14.8 Å². The Balaban J connectivity index is 1.36. The van der Waals surface area contributed by atoms with Crippen molar-refractivity contribution in [3.8, 4) is 5.75 Å². The number of aromatic nitrogens is 2. The first-order valence-electron chi connectivity index (χ1n) is 9.21. The third-order valence-corrected chi connectivity index (χ3v) is 5.73. The van der Waals surface area contributed by atoms with Gasteiger partial charge in [-0.05, 0) is 61.0 Å². The number of nitrogens with one attached hydrogen (secondary N) is 1. The zero-order valence-corrected chi connectivity index (χ0v) is 15.6. The summed E-state index contributed by atoms with van der Waals surface area (Å²) < 4.78 is 11.7. The van der Waals surface area contributed by atoms with Gasteiger partial charge in [0.2, 0.25) is 0 Å². The van der Waals surface area contributed by atoms with E-state index in [2.05, 4.69) is 27.4 Å². The Morgan fingerprint density at radius 1 is 1.15 bits per heavy atom. The van der Waals surface area contributed by atoms with Crippen molar-refractivity contribution < 1.29 is 9.47 Å². The maximum absolute atomic E-state index is 6.26. The molecular formula is C21H20ClN3O2. The van der Waals surface area contributed by atoms with Gasteiger partial charge in [-0.1, -0.05) is 11.6 Å². The number of benzene rings is 1. The van der Waals surface area contributed by atoms with E-state index >= 15 is 0 Å². The summed E-state index contributed by atoms with van der Waals surface area (Å²) in [7, 11) is 0. The summed E-state index contributed by atoms with van der Waals surface area (Å²) in [6.45, 7) is 1.79. The molecule has 1 saturated heterocycles. The van der Waals surface area contributed by atoms with Gasteiger partial charge in [0.1, 0.15) is 16.7 Å². The number of fused-ring (bicyclic) bond motifs is 1. The predicted molar refractivity (Wildman–Crippen MR) is 106 cm³/mol. The average molecular weight is 382 g/mol. The Morgan fingerprint density at radius 3 is 2.81 bits per heavy atom. The van der Waals surface area contributed by atoms with Crippen molar-refractivity contribution in [3.63, 3.8) is 0 Å². The summed E-state index contributed by atoms with van der Waals surface area (Å²) in [6, 6.07) is 11.8. The molecule has 0 bridgehead atoms. The van der Waals surface area contributed by atoms with Gasteiger partial charge in [0, 0.05) is 17.0 Å². The molecule has 0 amide bonds. The Hall–Kier alpha value is -2.37. The van der Waals surface area contributed by atoms with E-state index in [1.54, 1.807) is 18.5 Å². The second-order valence-corrected chi connectivity index (χ2v) is 7.90. The van der Waals surface area contributed by atoms with Crippen LogP contribution in [0.15, 0.2) is 48.8 Å². The van der Waals surface area contributed by atoms with Crippen LogP contribution in [0.1, 0.15) is 19.3 Å². The van der Waals surface area contributed by atoms with Crippen LogP contribution in [0.4, 0.5) is 11.5 Å². The number of nitrogens with zero attached hydrogens (tertiary/aromatic N) is 2. The Kier molecular flexibility index (Phi) is 4.14. The second-order valence-electron chi connectivity index (χ2n) is 7.51. The summed E-state index contributed by atoms with van der Waals surface area (Å²) in [4.78, 5) is 8.57. The molecule has 1 spiro atoms. The molecule has 0 radical (unpaired) electrons. The van der Waals surface area contributed by atoms with Gasteiger partial charge in [0.05, 0.1) is 31.2 Å². The van der Waals surface area contributed by atoms with Crippen LogP contribution in [0.2, 0.25) is 5.15 Å². The highest BCUT2D eigenvalue weighted by Crippen LogP contribution is 2.45. The Morgan fingerprint density at radius 2 is 2.07 bits per heavy atom. The smallest absolute Gasteiger partial charge is 0.138 e. The number of halogens is 1. The van der Waals surface area contributed by atoms with E-state index in [9.17, 15) is 0 Å². The van der Waals surface area contributed by atoms with Crippen molar-refractivity contribution in [2.75, 3.05) is 18.5 Å². The monoisotopic (exact) mass is 381 g/mol. The standard InChI is InChI=1S/C21H20ClN3O2/c22-19-4-1-15(11-24-19)25-20-18-3-2-16(9-14(18)6-8-23-20)27-17-5-7-21(10-17)12-26-13-21/h1-4,6,8-9,11,17H,5,7,10,12-13H2,(H,23,25)/t17-/m1/s1. The second kappa shape index (κ2) is 6.66. The van der Waals surface area contributed by atoms with Gasteiger partial charge in [-0.2, -0.15) is 0 Å². The molecule has 2 aromatic heterocycles. The summed E-state index contributed by atoms with van der Waals surface area (Å²) in [5.41, 5.74) is 1.23. The average Bonchev–Trinajstić information content (AvgIpc) is 3.08. The van der Waals surface area contributed by atoms with Crippen LogP contribution in [-0.2, 0) is 4.74 Å². The molecular weight excluding hydrogens is 362 g/mol. The fraction of sp³-hybridized carbons (Fsp3) is 0.333. The van der Waals surface area contributed by atoms with Crippen LogP contribution in [0.3, 0.4) is 0 Å². The van der Waals surface area contributed by atoms with Crippen LogP contribution in [0, 0.1) is 5.41 Å². The van der Waals surface area contributed by atoms with Crippen LogP contribution in [-0.4, -0.2) is 29.3 Å². The van der Waals surface area contributed by atoms with Crippen LogP contribution in [0.5, 0.6) is 5.75 Å². The molecule has 5 rings (SSSR count). The molecule has 2 fully saturated rings. The van der Waals surface area contributed by atoms with E-state index in [4.69, 9.17) is 21.1 Å². The molecule has 0 unspecified atom stereocenters. The zero-order chi connectivity index (χ0) is 18.3. The topological polar surface area (TPSA) is 56.3 Å². The van der Waals surface area contributed by atoms with Gasteiger partial charge in [-0.25, -0.2) is 9.97 Å². The predicted octanol–water partition coefficient (Wildman–Crippen LogP) is 4.97. The summed E-state index contributed by atoms with van der Waals surface area (Å²) in [6.07, 6.45) is 7.18. The first kappa shape index (κ1) is 16.8. The first-order chi connectivity index (χ1) is 13.2. The van der Waals surface area contributed by atoms with Gasteiger partial charge >= 0.3 is 0 Å². The minimum atomic E-state index is 0.283. The molecule has 138 valence electrons. The van der Waals surface area contributed by atoms with Crippen molar-refractivity contribution in [3.05, 3.63) is 53.9 Å². The van der Waals surface area contributed by atoms with Crippen molar-refractivity contribution >= 4 is 33.9 Å². The number of anilines is 2. The van der Waals surface area contributed by atoms with Gasteiger partial charge in [-0.3, -0.25) is 0 Å². The number of hydrogen-bond acceptors (Lipinski definition) is 5. The number of ether oxygens (including phenoxy) is 2. The Bertz CT molecular complexity index is 973. The van der Waals surface area contributed by atoms with Crippen molar-refractivity contribution in [1.82, 2.24) is 9.97 Å². The molecule has 1 aromatic carbocycles. The zero-order valence-electron chi connectivity index (χ0n) is 14.8. The maximum Gasteiger partial charge on any atom is 0.138 e. The molecule has 1 atom stereocenters. The molecule has 1 N–H and O–H groups in total. The van der Waals surface area contributed by atoms with Crippen LogP contribution in [0.25, 0.3) is 10.8 Å². The summed E-state index contributed by atoms with van der Waals surface area (Å²) in [5.74, 6) is 1.70. The van der Waals surface area contributed by atoms with E-state index in [1.165, 1.54) is 6.42 Å². The molecule has 5 nitrogen and oxygen atoms in total. The van der Waals surface area contributed by atoms with E-state index in [-0.39, 0.29) is 6.10 Å². The Labute approximate surface area is 162 Å². The number of rotatable bonds is 4. The van der Waals surface area contributed by atoms with Crippen LogP contribution < -0.4 is 10.1 Å². The van der Waals surface area contributed by atoms with E-state index in [1.807, 2.05) is 18.2 Å². The molecule has 2 aliphatic rings. The highest BCUT2D eigenvalue weighted by atomic mass is 35.5. The normalized spacial score (nSPS) is 20.6. The number of hydrogen-bond donors (Lipinski definition) is 1. The third-order valence-electron chi connectivity index (χ3n) is 5.50. The van der Waals surface area contributed by atoms with E-state index < -0.39 is 0 Å². The van der Waals surface area contributed by atoms with Gasteiger partial charge in [0.15, 0.2) is 0 Å². The summed E-state index contributed by atoms with van der Waals surface area (Å²) >= 11 is 5.85. The van der Waals surface area contributed by atoms with Crippen molar-refractivity contribution in [2.45, 2.75) is 25.4 Å². The quantitative estimate of drug-likeness (QED) is 0.646.